The summed E-state index contributed by atoms with van der Waals surface area (Å²) in [6.45, 7) is 6.31. The summed E-state index contributed by atoms with van der Waals surface area (Å²) in [6.07, 6.45) is 2.99. The molecule has 0 radical (unpaired) electrons. The van der Waals surface area contributed by atoms with Crippen molar-refractivity contribution in [1.82, 2.24) is 4.90 Å². The second-order valence-corrected chi connectivity index (χ2v) is 3.67. The molecule has 0 aliphatic carbocycles. The van der Waals surface area contributed by atoms with Crippen molar-refractivity contribution in [2.75, 3.05) is 13.1 Å². The number of amides is 1. The minimum absolute atomic E-state index is 0.352. The minimum atomic E-state index is 0.352. The van der Waals surface area contributed by atoms with Gasteiger partial charge in [-0.1, -0.05) is 13.8 Å². The van der Waals surface area contributed by atoms with Crippen LogP contribution in [0.3, 0.4) is 0 Å². The molecule has 0 aromatic heterocycles. The van der Waals surface area contributed by atoms with Gasteiger partial charge in [-0.3, -0.25) is 4.79 Å². The molecule has 1 heterocycles. The van der Waals surface area contributed by atoms with Crippen molar-refractivity contribution >= 4 is 5.91 Å². The molecular weight excluding hydrogens is 138 g/mol. The van der Waals surface area contributed by atoms with Crippen molar-refractivity contribution in [2.24, 2.45) is 5.92 Å². The number of nitrogens with zero attached hydrogens (tertiary/aromatic N) is 1. The zero-order valence-corrected chi connectivity index (χ0v) is 7.47. The van der Waals surface area contributed by atoms with Crippen LogP contribution in [0.2, 0.25) is 0 Å². The van der Waals surface area contributed by atoms with Gasteiger partial charge in [0.1, 0.15) is 0 Å². The number of carbonyl (C=O) groups is 1. The Kier molecular flexibility index (Phi) is 2.92. The molecule has 2 heteroatoms. The summed E-state index contributed by atoms with van der Waals surface area (Å²) in [4.78, 5) is 13.2. The minimum Gasteiger partial charge on any atom is -0.343 e. The molecule has 1 amide bonds. The van der Waals surface area contributed by atoms with Gasteiger partial charge >= 0.3 is 0 Å². The lowest BCUT2D eigenvalue weighted by Gasteiger charge is -2.31. The number of carbonyl (C=O) groups excluding carboxylic acids is 1. The highest BCUT2D eigenvalue weighted by Gasteiger charge is 2.19. The molecule has 1 aliphatic heterocycles. The first-order valence-corrected chi connectivity index (χ1v) is 4.48. The Labute approximate surface area is 68.6 Å². The van der Waals surface area contributed by atoms with E-state index >= 15 is 0 Å². The summed E-state index contributed by atoms with van der Waals surface area (Å²) < 4.78 is 0. The van der Waals surface area contributed by atoms with E-state index in [1.807, 2.05) is 4.90 Å². The number of rotatable bonds is 3. The number of hydrogen-bond acceptors (Lipinski definition) is 1. The van der Waals surface area contributed by atoms with E-state index in [1.54, 1.807) is 0 Å². The molecule has 0 unspecified atom stereocenters. The highest BCUT2D eigenvalue weighted by Crippen LogP contribution is 2.11. The van der Waals surface area contributed by atoms with Gasteiger partial charge < -0.3 is 4.90 Å². The second kappa shape index (κ2) is 3.74. The van der Waals surface area contributed by atoms with Gasteiger partial charge in [-0.2, -0.15) is 0 Å². The van der Waals surface area contributed by atoms with E-state index in [9.17, 15) is 4.79 Å². The van der Waals surface area contributed by atoms with E-state index in [1.165, 1.54) is 6.42 Å². The standard InChI is InChI=1S/C9H17NO/c1-8(2)4-5-9(11)10-6-3-7-10/h8H,3-7H2,1-2H3. The fraction of sp³-hybridized carbons (Fsp3) is 0.889. The molecule has 0 saturated carbocycles. The average molecular weight is 155 g/mol. The van der Waals surface area contributed by atoms with Crippen LogP contribution in [0.15, 0.2) is 0 Å². The van der Waals surface area contributed by atoms with Crippen LogP contribution in [-0.2, 0) is 4.79 Å². The summed E-state index contributed by atoms with van der Waals surface area (Å²) in [7, 11) is 0. The first-order chi connectivity index (χ1) is 5.20. The zero-order valence-electron chi connectivity index (χ0n) is 7.47. The van der Waals surface area contributed by atoms with Crippen molar-refractivity contribution in [3.05, 3.63) is 0 Å². The predicted molar refractivity (Wildman–Crippen MR) is 45.3 cm³/mol. The van der Waals surface area contributed by atoms with Crippen LogP contribution in [0.4, 0.5) is 0 Å². The van der Waals surface area contributed by atoms with Crippen molar-refractivity contribution in [2.45, 2.75) is 33.1 Å². The van der Waals surface area contributed by atoms with Crippen LogP contribution >= 0.6 is 0 Å². The van der Waals surface area contributed by atoms with Crippen LogP contribution in [0, 0.1) is 5.92 Å². The molecule has 1 fully saturated rings. The maximum Gasteiger partial charge on any atom is 0.222 e. The quantitative estimate of drug-likeness (QED) is 0.607. The van der Waals surface area contributed by atoms with E-state index in [4.69, 9.17) is 0 Å². The summed E-state index contributed by atoms with van der Waals surface area (Å²) in [5.74, 6) is 1.00. The smallest absolute Gasteiger partial charge is 0.222 e. The van der Waals surface area contributed by atoms with Gasteiger partial charge in [0.25, 0.3) is 0 Å². The third-order valence-electron chi connectivity index (χ3n) is 2.14. The van der Waals surface area contributed by atoms with Gasteiger partial charge in [-0.25, -0.2) is 0 Å². The van der Waals surface area contributed by atoms with Crippen molar-refractivity contribution in [3.8, 4) is 0 Å². The fourth-order valence-corrected chi connectivity index (χ4v) is 1.14. The monoisotopic (exact) mass is 155 g/mol. The lowest BCUT2D eigenvalue weighted by molar-refractivity contribution is -0.134. The number of hydrogen-bond donors (Lipinski definition) is 0. The Balaban J connectivity index is 2.10. The topological polar surface area (TPSA) is 20.3 Å². The Bertz CT molecular complexity index is 138. The molecule has 0 aromatic carbocycles. The molecule has 0 atom stereocenters. The van der Waals surface area contributed by atoms with E-state index < -0.39 is 0 Å². The Morgan fingerprint density at radius 2 is 2.09 bits per heavy atom. The van der Waals surface area contributed by atoms with Crippen LogP contribution in [0.25, 0.3) is 0 Å². The van der Waals surface area contributed by atoms with Gasteiger partial charge in [0.15, 0.2) is 0 Å². The Hall–Kier alpha value is -0.530. The molecule has 0 aromatic rings. The summed E-state index contributed by atoms with van der Waals surface area (Å²) in [5, 5.41) is 0. The van der Waals surface area contributed by atoms with Gasteiger partial charge in [0.2, 0.25) is 5.91 Å². The van der Waals surface area contributed by atoms with E-state index in [0.717, 1.165) is 25.9 Å². The highest BCUT2D eigenvalue weighted by atomic mass is 16.2. The molecule has 2 nitrogen and oxygen atoms in total. The average Bonchev–Trinajstić information content (AvgIpc) is 1.79. The summed E-state index contributed by atoms with van der Waals surface area (Å²) in [6, 6.07) is 0. The van der Waals surface area contributed by atoms with Gasteiger partial charge in [-0.15, -0.1) is 0 Å². The lowest BCUT2D eigenvalue weighted by atomic mass is 10.1. The van der Waals surface area contributed by atoms with Gasteiger partial charge in [-0.05, 0) is 18.8 Å². The van der Waals surface area contributed by atoms with Crippen molar-refractivity contribution < 1.29 is 4.79 Å². The maximum absolute atomic E-state index is 11.3. The van der Waals surface area contributed by atoms with Gasteiger partial charge in [0.05, 0.1) is 0 Å². The first-order valence-electron chi connectivity index (χ1n) is 4.48. The fourth-order valence-electron chi connectivity index (χ4n) is 1.14. The first kappa shape index (κ1) is 8.57. The Morgan fingerprint density at radius 1 is 1.45 bits per heavy atom. The molecule has 1 saturated heterocycles. The molecule has 1 rings (SSSR count). The zero-order chi connectivity index (χ0) is 8.27. The predicted octanol–water partition coefficient (Wildman–Crippen LogP) is 1.65. The molecule has 1 aliphatic rings. The Morgan fingerprint density at radius 3 is 2.45 bits per heavy atom. The van der Waals surface area contributed by atoms with Crippen molar-refractivity contribution in [1.29, 1.82) is 0 Å². The highest BCUT2D eigenvalue weighted by molar-refractivity contribution is 5.76. The van der Waals surface area contributed by atoms with Crippen LogP contribution < -0.4 is 0 Å². The van der Waals surface area contributed by atoms with Crippen LogP contribution in [0.1, 0.15) is 33.1 Å². The van der Waals surface area contributed by atoms with Crippen LogP contribution in [0.5, 0.6) is 0 Å². The number of likely N-dealkylation sites (tertiary alicyclic amines) is 1. The maximum atomic E-state index is 11.3. The van der Waals surface area contributed by atoms with E-state index in [0.29, 0.717) is 11.8 Å². The third kappa shape index (κ3) is 2.52. The molecular formula is C9H17NO. The third-order valence-corrected chi connectivity index (χ3v) is 2.14. The van der Waals surface area contributed by atoms with Crippen LogP contribution in [-0.4, -0.2) is 23.9 Å². The lowest BCUT2D eigenvalue weighted by Crippen LogP contribution is -2.41. The summed E-state index contributed by atoms with van der Waals surface area (Å²) in [5.41, 5.74) is 0. The molecule has 0 spiro atoms. The molecule has 11 heavy (non-hydrogen) atoms. The molecule has 0 N–H and O–H groups in total. The van der Waals surface area contributed by atoms with E-state index in [2.05, 4.69) is 13.8 Å². The largest absolute Gasteiger partial charge is 0.343 e. The summed E-state index contributed by atoms with van der Waals surface area (Å²) >= 11 is 0. The molecule has 64 valence electrons. The normalized spacial score (nSPS) is 16.8. The SMILES string of the molecule is CC(C)CCC(=O)N1CCC1. The van der Waals surface area contributed by atoms with Gasteiger partial charge in [0, 0.05) is 19.5 Å². The second-order valence-electron chi connectivity index (χ2n) is 3.67. The van der Waals surface area contributed by atoms with E-state index in [-0.39, 0.29) is 0 Å². The van der Waals surface area contributed by atoms with Crippen molar-refractivity contribution in [3.63, 3.8) is 0 Å². The molecule has 0 bridgehead atoms.